The molecule has 0 saturated heterocycles. The molecule has 0 aliphatic heterocycles. The summed E-state index contributed by atoms with van der Waals surface area (Å²) >= 11 is 0. The molecule has 1 heterocycles. The second-order valence-corrected chi connectivity index (χ2v) is 8.30. The van der Waals surface area contributed by atoms with E-state index < -0.39 is 0 Å². The van der Waals surface area contributed by atoms with Gasteiger partial charge in [-0.15, -0.1) is 0 Å². The van der Waals surface area contributed by atoms with Crippen LogP contribution in [0.15, 0.2) is 72.8 Å². The summed E-state index contributed by atoms with van der Waals surface area (Å²) in [6.07, 6.45) is 3.31. The van der Waals surface area contributed by atoms with Gasteiger partial charge in [0, 0.05) is 30.4 Å². The van der Waals surface area contributed by atoms with Gasteiger partial charge in [0.2, 0.25) is 5.91 Å². The molecule has 33 heavy (non-hydrogen) atoms. The van der Waals surface area contributed by atoms with E-state index in [2.05, 4.69) is 35.3 Å². The number of H-pyrrole nitrogens is 1. The number of carbonyl (C=O) groups is 2. The molecule has 0 fully saturated rings. The van der Waals surface area contributed by atoms with Crippen molar-refractivity contribution in [2.45, 2.75) is 32.1 Å². The minimum Gasteiger partial charge on any atom is -0.351 e. The highest BCUT2D eigenvalue weighted by Gasteiger charge is 2.18. The number of benzene rings is 3. The summed E-state index contributed by atoms with van der Waals surface area (Å²) in [6, 6.07) is 24.4. The number of rotatable bonds is 10. The van der Waals surface area contributed by atoms with E-state index >= 15 is 0 Å². The summed E-state index contributed by atoms with van der Waals surface area (Å²) in [5, 5.41) is 12.1. The molecule has 6 heteroatoms. The van der Waals surface area contributed by atoms with Crippen LogP contribution in [0, 0.1) is 0 Å². The third-order valence-corrected chi connectivity index (χ3v) is 6.04. The lowest BCUT2D eigenvalue weighted by molar-refractivity contribution is -0.129. The number of nitrogens with one attached hydrogen (secondary N) is 2. The van der Waals surface area contributed by atoms with Crippen LogP contribution in [-0.2, 0) is 11.2 Å². The Labute approximate surface area is 193 Å². The van der Waals surface area contributed by atoms with E-state index in [4.69, 9.17) is 5.21 Å². The maximum absolute atomic E-state index is 13.4. The summed E-state index contributed by atoms with van der Waals surface area (Å²) in [7, 11) is 0. The van der Waals surface area contributed by atoms with Crippen molar-refractivity contribution < 1.29 is 14.8 Å². The molecule has 0 aliphatic rings. The molecule has 0 radical (unpaired) electrons. The topological polar surface area (TPSA) is 85.4 Å². The Morgan fingerprint density at radius 2 is 1.61 bits per heavy atom. The highest BCUT2D eigenvalue weighted by atomic mass is 16.5. The number of carbonyl (C=O) groups excluding carboxylic acids is 2. The summed E-state index contributed by atoms with van der Waals surface area (Å²) in [6.45, 7) is 1.22. The van der Waals surface area contributed by atoms with Gasteiger partial charge in [0.05, 0.1) is 0 Å². The van der Waals surface area contributed by atoms with Crippen LogP contribution in [0.3, 0.4) is 0 Å². The fourth-order valence-electron chi connectivity index (χ4n) is 4.26. The van der Waals surface area contributed by atoms with Gasteiger partial charge in [0.1, 0.15) is 5.69 Å². The van der Waals surface area contributed by atoms with Gasteiger partial charge in [-0.1, -0.05) is 67.1 Å². The van der Waals surface area contributed by atoms with Gasteiger partial charge in [0.15, 0.2) is 0 Å². The first-order chi connectivity index (χ1) is 16.2. The molecule has 1 aromatic heterocycles. The third-order valence-electron chi connectivity index (χ3n) is 6.04. The largest absolute Gasteiger partial charge is 0.351 e. The Morgan fingerprint density at radius 3 is 2.42 bits per heavy atom. The fourth-order valence-corrected chi connectivity index (χ4v) is 4.26. The van der Waals surface area contributed by atoms with Crippen molar-refractivity contribution in [2.75, 3.05) is 13.1 Å². The van der Waals surface area contributed by atoms with Crippen LogP contribution in [0.1, 0.15) is 41.7 Å². The quantitative estimate of drug-likeness (QED) is 0.182. The normalized spacial score (nSPS) is 11.1. The number of hydrogen-bond acceptors (Lipinski definition) is 3. The zero-order valence-electron chi connectivity index (χ0n) is 18.6. The highest BCUT2D eigenvalue weighted by molar-refractivity contribution is 5.98. The van der Waals surface area contributed by atoms with Gasteiger partial charge in [-0.3, -0.25) is 14.8 Å². The number of hydroxylamine groups is 1. The maximum atomic E-state index is 13.4. The Morgan fingerprint density at radius 1 is 0.848 bits per heavy atom. The zero-order valence-corrected chi connectivity index (χ0v) is 18.6. The number of nitrogens with zero attached hydrogens (tertiary/aromatic N) is 1. The van der Waals surface area contributed by atoms with E-state index in [0.29, 0.717) is 25.2 Å². The molecular formula is C27H29N3O3. The average molecular weight is 444 g/mol. The lowest BCUT2D eigenvalue weighted by Crippen LogP contribution is -2.34. The average Bonchev–Trinajstić information content (AvgIpc) is 3.29. The molecule has 0 aliphatic carbocycles. The van der Waals surface area contributed by atoms with Crippen LogP contribution >= 0.6 is 0 Å². The van der Waals surface area contributed by atoms with Crippen molar-refractivity contribution in [3.8, 4) is 0 Å². The first kappa shape index (κ1) is 22.6. The summed E-state index contributed by atoms with van der Waals surface area (Å²) in [5.74, 6) is -0.392. The summed E-state index contributed by atoms with van der Waals surface area (Å²) < 4.78 is 0. The van der Waals surface area contributed by atoms with Crippen LogP contribution in [-0.4, -0.2) is 40.0 Å². The Kier molecular flexibility index (Phi) is 7.37. The standard InChI is InChI=1S/C27H29N3O3/c31-26(29-33)15-2-1-7-17-30(27(32)25-19-22-10-4-6-14-24(22)28-25)18-16-21-12-8-11-20-9-3-5-13-23(20)21/h3-6,8-14,19,28,33H,1-2,7,15-18H2,(H,29,31). The number of aromatic amines is 1. The van der Waals surface area contributed by atoms with Crippen molar-refractivity contribution in [1.82, 2.24) is 15.4 Å². The molecule has 2 amide bonds. The van der Waals surface area contributed by atoms with E-state index in [1.165, 1.54) is 16.3 Å². The van der Waals surface area contributed by atoms with E-state index in [1.54, 1.807) is 5.48 Å². The number of fused-ring (bicyclic) bond motifs is 2. The summed E-state index contributed by atoms with van der Waals surface area (Å²) in [4.78, 5) is 29.8. The van der Waals surface area contributed by atoms with Gasteiger partial charge in [-0.2, -0.15) is 0 Å². The van der Waals surface area contributed by atoms with Crippen LogP contribution in [0.5, 0.6) is 0 Å². The molecule has 170 valence electrons. The number of hydrogen-bond donors (Lipinski definition) is 3. The Hall–Kier alpha value is -3.64. The second-order valence-electron chi connectivity index (χ2n) is 8.30. The fraction of sp³-hybridized carbons (Fsp3) is 0.259. The molecule has 0 spiro atoms. The molecule has 3 N–H and O–H groups in total. The van der Waals surface area contributed by atoms with Crippen molar-refractivity contribution >= 4 is 33.5 Å². The van der Waals surface area contributed by atoms with Gasteiger partial charge in [-0.25, -0.2) is 5.48 Å². The maximum Gasteiger partial charge on any atom is 0.270 e. The minimum absolute atomic E-state index is 0.0143. The van der Waals surface area contributed by atoms with Gasteiger partial charge < -0.3 is 9.88 Å². The predicted molar refractivity (Wildman–Crippen MR) is 130 cm³/mol. The van der Waals surface area contributed by atoms with Crippen molar-refractivity contribution in [1.29, 1.82) is 0 Å². The van der Waals surface area contributed by atoms with Crippen LogP contribution in [0.25, 0.3) is 21.7 Å². The third kappa shape index (κ3) is 5.59. The molecule has 4 aromatic rings. The number of amides is 2. The van der Waals surface area contributed by atoms with Crippen LogP contribution in [0.4, 0.5) is 0 Å². The highest BCUT2D eigenvalue weighted by Crippen LogP contribution is 2.21. The smallest absolute Gasteiger partial charge is 0.270 e. The second kappa shape index (κ2) is 10.8. The van der Waals surface area contributed by atoms with E-state index in [0.717, 1.165) is 30.2 Å². The zero-order chi connectivity index (χ0) is 23.0. The molecule has 6 nitrogen and oxygen atoms in total. The molecule has 3 aromatic carbocycles. The molecule has 0 saturated carbocycles. The van der Waals surface area contributed by atoms with Crippen molar-refractivity contribution in [3.05, 3.63) is 84.1 Å². The van der Waals surface area contributed by atoms with Gasteiger partial charge >= 0.3 is 0 Å². The van der Waals surface area contributed by atoms with E-state index in [9.17, 15) is 9.59 Å². The Balaban J connectivity index is 1.47. The van der Waals surface area contributed by atoms with Crippen molar-refractivity contribution in [3.63, 3.8) is 0 Å². The van der Waals surface area contributed by atoms with Crippen molar-refractivity contribution in [2.24, 2.45) is 0 Å². The van der Waals surface area contributed by atoms with E-state index in [-0.39, 0.29) is 18.2 Å². The van der Waals surface area contributed by atoms with E-state index in [1.807, 2.05) is 47.4 Å². The monoisotopic (exact) mass is 443 g/mol. The Bertz CT molecular complexity index is 1210. The molecule has 0 bridgehead atoms. The van der Waals surface area contributed by atoms with Gasteiger partial charge in [0.25, 0.3) is 5.91 Å². The molecule has 4 rings (SSSR count). The molecular weight excluding hydrogens is 414 g/mol. The minimum atomic E-state index is -0.378. The lowest BCUT2D eigenvalue weighted by atomic mass is 10.0. The van der Waals surface area contributed by atoms with Crippen LogP contribution in [0.2, 0.25) is 0 Å². The van der Waals surface area contributed by atoms with Crippen LogP contribution < -0.4 is 5.48 Å². The molecule has 0 atom stereocenters. The lowest BCUT2D eigenvalue weighted by Gasteiger charge is -2.23. The first-order valence-electron chi connectivity index (χ1n) is 11.4. The SMILES string of the molecule is O=C(CCCCCN(CCc1cccc2ccccc12)C(=O)c1cc2ccccc2[nH]1)NO. The number of unbranched alkanes of at least 4 members (excludes halogenated alkanes) is 2. The predicted octanol–water partition coefficient (Wildman–Crippen LogP) is 5.07. The number of aromatic nitrogens is 1. The summed E-state index contributed by atoms with van der Waals surface area (Å²) in [5.41, 5.74) is 4.43. The van der Waals surface area contributed by atoms with Gasteiger partial charge in [-0.05, 0) is 47.7 Å². The molecule has 0 unspecified atom stereocenters. The number of para-hydroxylation sites is 1. The first-order valence-corrected chi connectivity index (χ1v) is 11.4.